The SMILES string of the molecule is CCCn1cc(NC(=O)C2CC(=O)N(CCc3ccccc3)C2)ccc1=O. The van der Waals surface area contributed by atoms with Gasteiger partial charge in [-0.1, -0.05) is 37.3 Å². The molecule has 142 valence electrons. The maximum atomic E-state index is 12.6. The average Bonchev–Trinajstić information content (AvgIpc) is 3.05. The summed E-state index contributed by atoms with van der Waals surface area (Å²) in [5.41, 5.74) is 1.68. The Morgan fingerprint density at radius 1 is 1.11 bits per heavy atom. The van der Waals surface area contributed by atoms with Crippen molar-refractivity contribution in [2.24, 2.45) is 5.92 Å². The van der Waals surface area contributed by atoms with Crippen LogP contribution in [0.5, 0.6) is 0 Å². The molecule has 1 aliphatic heterocycles. The number of hydrogen-bond acceptors (Lipinski definition) is 3. The first kappa shape index (κ1) is 18.9. The summed E-state index contributed by atoms with van der Waals surface area (Å²) < 4.78 is 1.58. The largest absolute Gasteiger partial charge is 0.342 e. The van der Waals surface area contributed by atoms with Gasteiger partial charge in [-0.25, -0.2) is 0 Å². The van der Waals surface area contributed by atoms with Crippen LogP contribution >= 0.6 is 0 Å². The highest BCUT2D eigenvalue weighted by atomic mass is 16.2. The van der Waals surface area contributed by atoms with Gasteiger partial charge in [-0.05, 0) is 24.5 Å². The highest BCUT2D eigenvalue weighted by Gasteiger charge is 2.34. The third kappa shape index (κ3) is 4.84. The van der Waals surface area contributed by atoms with Crippen molar-refractivity contribution >= 4 is 17.5 Å². The molecule has 1 aromatic heterocycles. The highest BCUT2D eigenvalue weighted by Crippen LogP contribution is 2.20. The Morgan fingerprint density at radius 3 is 2.63 bits per heavy atom. The third-order valence-corrected chi connectivity index (χ3v) is 4.81. The Labute approximate surface area is 158 Å². The Morgan fingerprint density at radius 2 is 1.89 bits per heavy atom. The molecular weight excluding hydrogens is 342 g/mol. The van der Waals surface area contributed by atoms with Crippen LogP contribution in [0.1, 0.15) is 25.3 Å². The molecule has 0 spiro atoms. The first-order chi connectivity index (χ1) is 13.1. The fraction of sp³-hybridized carbons (Fsp3) is 0.381. The van der Waals surface area contributed by atoms with Gasteiger partial charge in [0.05, 0.1) is 11.6 Å². The number of benzene rings is 1. The predicted octanol–water partition coefficient (Wildman–Crippen LogP) is 2.29. The molecule has 0 saturated carbocycles. The van der Waals surface area contributed by atoms with Crippen molar-refractivity contribution in [3.63, 3.8) is 0 Å². The number of rotatable bonds is 7. The van der Waals surface area contributed by atoms with Gasteiger partial charge in [0.15, 0.2) is 0 Å². The maximum Gasteiger partial charge on any atom is 0.250 e. The summed E-state index contributed by atoms with van der Waals surface area (Å²) in [6, 6.07) is 13.1. The lowest BCUT2D eigenvalue weighted by molar-refractivity contribution is -0.128. The topological polar surface area (TPSA) is 71.4 Å². The van der Waals surface area contributed by atoms with Gasteiger partial charge < -0.3 is 14.8 Å². The van der Waals surface area contributed by atoms with Gasteiger partial charge >= 0.3 is 0 Å². The predicted molar refractivity (Wildman–Crippen MR) is 104 cm³/mol. The molecule has 2 aromatic rings. The zero-order chi connectivity index (χ0) is 19.2. The van der Waals surface area contributed by atoms with Crippen LogP contribution in [-0.4, -0.2) is 34.4 Å². The molecule has 6 heteroatoms. The lowest BCUT2D eigenvalue weighted by Crippen LogP contribution is -2.30. The zero-order valence-electron chi connectivity index (χ0n) is 15.6. The number of aromatic nitrogens is 1. The number of likely N-dealkylation sites (tertiary alicyclic amines) is 1. The minimum Gasteiger partial charge on any atom is -0.342 e. The quantitative estimate of drug-likeness (QED) is 0.816. The second-order valence-corrected chi connectivity index (χ2v) is 6.92. The number of carbonyl (C=O) groups excluding carboxylic acids is 2. The maximum absolute atomic E-state index is 12.6. The Balaban J connectivity index is 1.57. The van der Waals surface area contributed by atoms with Crippen molar-refractivity contribution in [2.75, 3.05) is 18.4 Å². The number of hydrogen-bond donors (Lipinski definition) is 1. The Kier molecular flexibility index (Phi) is 6.06. The Hall–Kier alpha value is -2.89. The summed E-state index contributed by atoms with van der Waals surface area (Å²) in [7, 11) is 0. The van der Waals surface area contributed by atoms with E-state index in [0.717, 1.165) is 12.8 Å². The van der Waals surface area contributed by atoms with E-state index in [-0.39, 0.29) is 29.7 Å². The first-order valence-electron chi connectivity index (χ1n) is 9.40. The molecule has 0 radical (unpaired) electrons. The molecule has 3 rings (SSSR count). The molecule has 0 aliphatic carbocycles. The molecule has 2 heterocycles. The molecule has 6 nitrogen and oxygen atoms in total. The van der Waals surface area contributed by atoms with E-state index in [1.165, 1.54) is 11.6 Å². The number of pyridine rings is 1. The number of carbonyl (C=O) groups is 2. The Bertz CT molecular complexity index is 860. The van der Waals surface area contributed by atoms with Gasteiger partial charge in [-0.2, -0.15) is 0 Å². The molecular formula is C21H25N3O3. The van der Waals surface area contributed by atoms with Gasteiger partial charge in [0, 0.05) is 38.3 Å². The van der Waals surface area contributed by atoms with Crippen LogP contribution in [0.3, 0.4) is 0 Å². The molecule has 1 saturated heterocycles. The van der Waals surface area contributed by atoms with Crippen LogP contribution < -0.4 is 10.9 Å². The van der Waals surface area contributed by atoms with Crippen molar-refractivity contribution in [1.29, 1.82) is 0 Å². The van der Waals surface area contributed by atoms with E-state index >= 15 is 0 Å². The fourth-order valence-electron chi connectivity index (χ4n) is 3.34. The van der Waals surface area contributed by atoms with Crippen molar-refractivity contribution in [3.8, 4) is 0 Å². The van der Waals surface area contributed by atoms with E-state index in [1.54, 1.807) is 21.7 Å². The van der Waals surface area contributed by atoms with Gasteiger partial charge in [0.25, 0.3) is 5.56 Å². The van der Waals surface area contributed by atoms with Gasteiger partial charge in [-0.3, -0.25) is 14.4 Å². The number of amides is 2. The first-order valence-corrected chi connectivity index (χ1v) is 9.40. The molecule has 2 amide bonds. The van der Waals surface area contributed by atoms with Crippen molar-refractivity contribution in [3.05, 3.63) is 64.6 Å². The molecule has 1 aliphatic rings. The molecule has 1 N–H and O–H groups in total. The van der Waals surface area contributed by atoms with Gasteiger partial charge in [0.2, 0.25) is 11.8 Å². The lowest BCUT2D eigenvalue weighted by Gasteiger charge is -2.16. The summed E-state index contributed by atoms with van der Waals surface area (Å²) in [5, 5.41) is 2.85. The van der Waals surface area contributed by atoms with E-state index in [0.29, 0.717) is 25.3 Å². The normalized spacial score (nSPS) is 16.6. The summed E-state index contributed by atoms with van der Waals surface area (Å²) in [6.45, 7) is 3.66. The third-order valence-electron chi connectivity index (χ3n) is 4.81. The summed E-state index contributed by atoms with van der Waals surface area (Å²) >= 11 is 0. The van der Waals surface area contributed by atoms with Crippen LogP contribution in [-0.2, 0) is 22.6 Å². The van der Waals surface area contributed by atoms with Crippen molar-refractivity contribution in [1.82, 2.24) is 9.47 Å². The smallest absolute Gasteiger partial charge is 0.250 e. The minimum absolute atomic E-state index is 0.0158. The second kappa shape index (κ2) is 8.66. The van der Waals surface area contributed by atoms with Crippen LogP contribution in [0.4, 0.5) is 5.69 Å². The fourth-order valence-corrected chi connectivity index (χ4v) is 3.34. The zero-order valence-corrected chi connectivity index (χ0v) is 15.6. The molecule has 1 aromatic carbocycles. The van der Waals surface area contributed by atoms with Crippen LogP contribution in [0, 0.1) is 5.92 Å². The van der Waals surface area contributed by atoms with E-state index in [9.17, 15) is 14.4 Å². The van der Waals surface area contributed by atoms with E-state index < -0.39 is 0 Å². The number of anilines is 1. The van der Waals surface area contributed by atoms with Crippen LogP contribution in [0.15, 0.2) is 53.5 Å². The lowest BCUT2D eigenvalue weighted by atomic mass is 10.1. The van der Waals surface area contributed by atoms with Gasteiger partial charge in [0.1, 0.15) is 0 Å². The molecule has 1 unspecified atom stereocenters. The molecule has 1 fully saturated rings. The number of aryl methyl sites for hydroxylation is 1. The van der Waals surface area contributed by atoms with E-state index in [2.05, 4.69) is 5.32 Å². The van der Waals surface area contributed by atoms with Crippen LogP contribution in [0.2, 0.25) is 0 Å². The number of nitrogens with zero attached hydrogens (tertiary/aromatic N) is 2. The minimum atomic E-state index is -0.361. The summed E-state index contributed by atoms with van der Waals surface area (Å²) in [6.07, 6.45) is 3.51. The monoisotopic (exact) mass is 367 g/mol. The second-order valence-electron chi connectivity index (χ2n) is 6.92. The molecule has 0 bridgehead atoms. The van der Waals surface area contributed by atoms with Crippen molar-refractivity contribution < 1.29 is 9.59 Å². The summed E-state index contributed by atoms with van der Waals surface area (Å²) in [4.78, 5) is 38.3. The standard InChI is InChI=1S/C21H25N3O3/c1-2-11-23-15-18(8-9-19(23)25)22-21(27)17-13-20(26)24(14-17)12-10-16-6-4-3-5-7-16/h3-9,15,17H,2,10-14H2,1H3,(H,22,27). The van der Waals surface area contributed by atoms with Gasteiger partial charge in [-0.15, -0.1) is 0 Å². The van der Waals surface area contributed by atoms with Crippen LogP contribution in [0.25, 0.3) is 0 Å². The van der Waals surface area contributed by atoms with E-state index in [4.69, 9.17) is 0 Å². The molecule has 27 heavy (non-hydrogen) atoms. The number of nitrogens with one attached hydrogen (secondary N) is 1. The van der Waals surface area contributed by atoms with Crippen molar-refractivity contribution in [2.45, 2.75) is 32.7 Å². The highest BCUT2D eigenvalue weighted by molar-refractivity contribution is 5.97. The molecule has 1 atom stereocenters. The summed E-state index contributed by atoms with van der Waals surface area (Å²) in [5.74, 6) is -0.519. The van der Waals surface area contributed by atoms with E-state index in [1.807, 2.05) is 37.3 Å². The average molecular weight is 367 g/mol.